The molecular formula is C17H32N2O2. The van der Waals surface area contributed by atoms with E-state index in [0.29, 0.717) is 0 Å². The second-order valence-corrected chi connectivity index (χ2v) is 5.43. The van der Waals surface area contributed by atoms with Gasteiger partial charge in [-0.3, -0.25) is 4.79 Å². The maximum atomic E-state index is 9.00. The van der Waals surface area contributed by atoms with E-state index in [-0.39, 0.29) is 0 Å². The topological polar surface area (TPSA) is 55.1 Å². The van der Waals surface area contributed by atoms with Gasteiger partial charge in [0.15, 0.2) is 0 Å². The average Bonchev–Trinajstić information content (AvgIpc) is 2.87. The van der Waals surface area contributed by atoms with Crippen molar-refractivity contribution in [2.24, 2.45) is 0 Å². The SMILES string of the molecule is CC(=O)O.CCCCCCc1nccn1CCCCCC. The standard InChI is InChI=1S/C15H28N2.C2H4O2/c1-3-5-7-9-11-15-16-12-14-17(15)13-10-8-6-4-2;1-2(3)4/h12,14H,3-11,13H2,1-2H3;1H3,(H,3,4). The van der Waals surface area contributed by atoms with Gasteiger partial charge in [0.25, 0.3) is 5.97 Å². The molecular weight excluding hydrogens is 264 g/mol. The predicted octanol–water partition coefficient (Wildman–Crippen LogP) is 4.68. The number of carboxylic acids is 1. The summed E-state index contributed by atoms with van der Waals surface area (Å²) in [5.74, 6) is 0.456. The minimum Gasteiger partial charge on any atom is -0.481 e. The summed E-state index contributed by atoms with van der Waals surface area (Å²) >= 11 is 0. The lowest BCUT2D eigenvalue weighted by atomic mass is 10.1. The van der Waals surface area contributed by atoms with Crippen molar-refractivity contribution < 1.29 is 9.90 Å². The first-order valence-corrected chi connectivity index (χ1v) is 8.31. The second kappa shape index (κ2) is 13.7. The quantitative estimate of drug-likeness (QED) is 0.638. The van der Waals surface area contributed by atoms with Crippen LogP contribution in [0.3, 0.4) is 0 Å². The number of unbranched alkanes of at least 4 members (excludes halogenated alkanes) is 6. The molecule has 21 heavy (non-hydrogen) atoms. The summed E-state index contributed by atoms with van der Waals surface area (Å²) in [5.41, 5.74) is 0. The number of hydrogen-bond donors (Lipinski definition) is 1. The van der Waals surface area contributed by atoms with E-state index in [1.807, 2.05) is 6.20 Å². The van der Waals surface area contributed by atoms with Crippen LogP contribution in [0.4, 0.5) is 0 Å². The van der Waals surface area contributed by atoms with Gasteiger partial charge in [0, 0.05) is 32.3 Å². The number of hydrogen-bond acceptors (Lipinski definition) is 2. The minimum absolute atomic E-state index is 0.833. The lowest BCUT2D eigenvalue weighted by Crippen LogP contribution is -2.03. The Bertz CT molecular complexity index is 331. The normalized spacial score (nSPS) is 10.0. The van der Waals surface area contributed by atoms with Crippen molar-refractivity contribution in [2.45, 2.75) is 85.1 Å². The zero-order valence-electron chi connectivity index (χ0n) is 14.0. The van der Waals surface area contributed by atoms with E-state index in [2.05, 4.69) is 29.6 Å². The highest BCUT2D eigenvalue weighted by Gasteiger charge is 2.02. The Labute approximate surface area is 129 Å². The summed E-state index contributed by atoms with van der Waals surface area (Å²) in [4.78, 5) is 13.5. The van der Waals surface area contributed by atoms with Gasteiger partial charge in [-0.25, -0.2) is 4.98 Å². The van der Waals surface area contributed by atoms with Gasteiger partial charge in [0.2, 0.25) is 0 Å². The van der Waals surface area contributed by atoms with Crippen molar-refractivity contribution in [3.63, 3.8) is 0 Å². The molecule has 1 N–H and O–H groups in total. The third-order valence-corrected chi connectivity index (χ3v) is 3.31. The highest BCUT2D eigenvalue weighted by Crippen LogP contribution is 2.09. The van der Waals surface area contributed by atoms with Gasteiger partial charge in [-0.05, 0) is 12.8 Å². The van der Waals surface area contributed by atoms with Crippen LogP contribution in [0.25, 0.3) is 0 Å². The summed E-state index contributed by atoms with van der Waals surface area (Å²) in [6.45, 7) is 6.76. The number of imidazole rings is 1. The molecule has 4 nitrogen and oxygen atoms in total. The van der Waals surface area contributed by atoms with Gasteiger partial charge in [-0.15, -0.1) is 0 Å². The van der Waals surface area contributed by atoms with Crippen LogP contribution in [-0.4, -0.2) is 20.6 Å². The molecule has 0 spiro atoms. The average molecular weight is 296 g/mol. The van der Waals surface area contributed by atoms with E-state index < -0.39 is 5.97 Å². The first-order valence-electron chi connectivity index (χ1n) is 8.31. The van der Waals surface area contributed by atoms with E-state index in [4.69, 9.17) is 9.90 Å². The molecule has 4 heteroatoms. The second-order valence-electron chi connectivity index (χ2n) is 5.43. The number of aromatic nitrogens is 2. The molecule has 0 saturated heterocycles. The van der Waals surface area contributed by atoms with E-state index in [0.717, 1.165) is 19.9 Å². The third-order valence-electron chi connectivity index (χ3n) is 3.31. The number of nitrogens with zero attached hydrogens (tertiary/aromatic N) is 2. The first kappa shape index (κ1) is 19.7. The molecule has 0 bridgehead atoms. The molecule has 1 rings (SSSR count). The molecule has 0 aliphatic rings. The van der Waals surface area contributed by atoms with Gasteiger partial charge >= 0.3 is 0 Å². The lowest BCUT2D eigenvalue weighted by Gasteiger charge is -2.07. The Balaban J connectivity index is 0.000000885. The molecule has 0 fully saturated rings. The largest absolute Gasteiger partial charge is 0.481 e. The summed E-state index contributed by atoms with van der Waals surface area (Å²) in [5, 5.41) is 7.42. The van der Waals surface area contributed by atoms with Gasteiger partial charge in [0.1, 0.15) is 5.82 Å². The molecule has 0 atom stereocenters. The van der Waals surface area contributed by atoms with Crippen molar-refractivity contribution in [1.82, 2.24) is 9.55 Å². The van der Waals surface area contributed by atoms with Gasteiger partial charge in [-0.2, -0.15) is 0 Å². The summed E-state index contributed by atoms with van der Waals surface area (Å²) in [7, 11) is 0. The number of aryl methyl sites for hydroxylation is 2. The molecule has 0 radical (unpaired) electrons. The van der Waals surface area contributed by atoms with E-state index in [9.17, 15) is 0 Å². The predicted molar refractivity (Wildman–Crippen MR) is 87.5 cm³/mol. The van der Waals surface area contributed by atoms with Crippen LogP contribution in [0.5, 0.6) is 0 Å². The van der Waals surface area contributed by atoms with Crippen molar-refractivity contribution in [3.8, 4) is 0 Å². The van der Waals surface area contributed by atoms with E-state index in [1.54, 1.807) is 0 Å². The van der Waals surface area contributed by atoms with Crippen LogP contribution in [0.2, 0.25) is 0 Å². The Morgan fingerprint density at radius 2 is 1.67 bits per heavy atom. The summed E-state index contributed by atoms with van der Waals surface area (Å²) in [6.07, 6.45) is 15.9. The van der Waals surface area contributed by atoms with Crippen molar-refractivity contribution >= 4 is 5.97 Å². The van der Waals surface area contributed by atoms with Crippen LogP contribution in [0, 0.1) is 0 Å². The Hall–Kier alpha value is -1.32. The third kappa shape index (κ3) is 12.2. The van der Waals surface area contributed by atoms with E-state index >= 15 is 0 Å². The zero-order chi connectivity index (χ0) is 15.9. The molecule has 1 aromatic rings. The van der Waals surface area contributed by atoms with Gasteiger partial charge in [0.05, 0.1) is 0 Å². The number of carboxylic acid groups (broad SMARTS) is 1. The molecule has 1 aromatic heterocycles. The van der Waals surface area contributed by atoms with Crippen LogP contribution in [0.1, 0.15) is 78.0 Å². The van der Waals surface area contributed by atoms with Crippen molar-refractivity contribution in [3.05, 3.63) is 18.2 Å². The van der Waals surface area contributed by atoms with Crippen molar-refractivity contribution in [2.75, 3.05) is 0 Å². The molecule has 0 amide bonds. The van der Waals surface area contributed by atoms with Crippen LogP contribution < -0.4 is 0 Å². The molecule has 0 aromatic carbocycles. The smallest absolute Gasteiger partial charge is 0.300 e. The highest BCUT2D eigenvalue weighted by molar-refractivity contribution is 5.62. The molecule has 0 saturated carbocycles. The van der Waals surface area contributed by atoms with Crippen LogP contribution in [0.15, 0.2) is 12.4 Å². The molecule has 0 unspecified atom stereocenters. The fraction of sp³-hybridized carbons (Fsp3) is 0.765. The van der Waals surface area contributed by atoms with E-state index in [1.165, 1.54) is 57.2 Å². The Morgan fingerprint density at radius 3 is 2.24 bits per heavy atom. The Morgan fingerprint density at radius 1 is 1.10 bits per heavy atom. The highest BCUT2D eigenvalue weighted by atomic mass is 16.4. The molecule has 122 valence electrons. The fourth-order valence-corrected chi connectivity index (χ4v) is 2.19. The van der Waals surface area contributed by atoms with Gasteiger partial charge in [-0.1, -0.05) is 52.4 Å². The Kier molecular flexibility index (Phi) is 12.8. The monoisotopic (exact) mass is 296 g/mol. The molecule has 1 heterocycles. The maximum Gasteiger partial charge on any atom is 0.300 e. The molecule has 0 aliphatic carbocycles. The lowest BCUT2D eigenvalue weighted by molar-refractivity contribution is -0.134. The van der Waals surface area contributed by atoms with Crippen LogP contribution >= 0.6 is 0 Å². The van der Waals surface area contributed by atoms with Crippen LogP contribution in [-0.2, 0) is 17.8 Å². The number of carbonyl (C=O) groups is 1. The van der Waals surface area contributed by atoms with Crippen molar-refractivity contribution in [1.29, 1.82) is 0 Å². The number of rotatable bonds is 10. The summed E-state index contributed by atoms with van der Waals surface area (Å²) < 4.78 is 2.35. The summed E-state index contributed by atoms with van der Waals surface area (Å²) in [6, 6.07) is 0. The molecule has 0 aliphatic heterocycles. The maximum absolute atomic E-state index is 9.00. The van der Waals surface area contributed by atoms with Gasteiger partial charge < -0.3 is 9.67 Å². The fourth-order valence-electron chi connectivity index (χ4n) is 2.19. The number of aliphatic carboxylic acids is 1. The minimum atomic E-state index is -0.833. The first-order chi connectivity index (χ1) is 10.1. The zero-order valence-corrected chi connectivity index (χ0v) is 14.0.